The number of furan rings is 1. The van der Waals surface area contributed by atoms with Gasteiger partial charge in [0.25, 0.3) is 0 Å². The summed E-state index contributed by atoms with van der Waals surface area (Å²) in [6, 6.07) is 18.8. The zero-order valence-corrected chi connectivity index (χ0v) is 12.0. The lowest BCUT2D eigenvalue weighted by atomic mass is 10.0. The van der Waals surface area contributed by atoms with Crippen molar-refractivity contribution < 1.29 is 4.42 Å². The highest BCUT2D eigenvalue weighted by atomic mass is 35.5. The summed E-state index contributed by atoms with van der Waals surface area (Å²) in [6.45, 7) is 0. The smallest absolute Gasteiger partial charge is 0.193 e. The molecule has 1 unspecified atom stereocenters. The number of hydrogen-bond donors (Lipinski definition) is 1. The molecule has 0 fully saturated rings. The van der Waals surface area contributed by atoms with E-state index < -0.39 is 0 Å². The molecule has 0 saturated carbocycles. The van der Waals surface area contributed by atoms with Crippen molar-refractivity contribution in [3.63, 3.8) is 0 Å². The predicted molar refractivity (Wildman–Crippen MR) is 83.2 cm³/mol. The Kier molecular flexibility index (Phi) is 3.77. The highest BCUT2D eigenvalue weighted by Crippen LogP contribution is 2.24. The van der Waals surface area contributed by atoms with E-state index in [-0.39, 0.29) is 6.04 Å². The maximum Gasteiger partial charge on any atom is 0.193 e. The third-order valence-electron chi connectivity index (χ3n) is 3.54. The number of hydrogen-bond acceptors (Lipinski definition) is 2. The van der Waals surface area contributed by atoms with E-state index in [1.54, 1.807) is 6.07 Å². The van der Waals surface area contributed by atoms with Crippen LogP contribution >= 0.6 is 11.6 Å². The second kappa shape index (κ2) is 5.70. The largest absolute Gasteiger partial charge is 0.448 e. The third-order valence-corrected chi connectivity index (χ3v) is 3.74. The van der Waals surface area contributed by atoms with Gasteiger partial charge in [-0.2, -0.15) is 0 Å². The zero-order valence-electron chi connectivity index (χ0n) is 11.3. The molecule has 102 valence electrons. The molecule has 0 radical (unpaired) electrons. The Balaban J connectivity index is 1.87. The normalized spacial score (nSPS) is 12.7. The summed E-state index contributed by atoms with van der Waals surface area (Å²) in [6.07, 6.45) is 0.866. The van der Waals surface area contributed by atoms with Crippen LogP contribution in [0.25, 0.3) is 10.8 Å². The second-order valence-electron chi connectivity index (χ2n) is 4.87. The quantitative estimate of drug-likeness (QED) is 0.758. The Morgan fingerprint density at radius 2 is 1.85 bits per heavy atom. The van der Waals surface area contributed by atoms with Gasteiger partial charge in [-0.3, -0.25) is 0 Å². The maximum absolute atomic E-state index is 5.85. The predicted octanol–water partition coefficient (Wildman–Crippen LogP) is 4.59. The molecule has 2 nitrogen and oxygen atoms in total. The van der Waals surface area contributed by atoms with Crippen molar-refractivity contribution in [2.24, 2.45) is 0 Å². The molecule has 0 aliphatic heterocycles. The zero-order chi connectivity index (χ0) is 13.9. The fourth-order valence-electron chi connectivity index (χ4n) is 2.46. The van der Waals surface area contributed by atoms with Crippen LogP contribution in [0.15, 0.2) is 59.0 Å². The van der Waals surface area contributed by atoms with E-state index in [0.717, 1.165) is 12.2 Å². The van der Waals surface area contributed by atoms with Crippen molar-refractivity contribution in [1.29, 1.82) is 0 Å². The van der Waals surface area contributed by atoms with Gasteiger partial charge in [0.15, 0.2) is 5.22 Å². The number of fused-ring (bicyclic) bond motifs is 1. The molecular formula is C17H16ClNO. The van der Waals surface area contributed by atoms with Gasteiger partial charge in [0.1, 0.15) is 5.76 Å². The average molecular weight is 286 g/mol. The fourth-order valence-corrected chi connectivity index (χ4v) is 2.61. The van der Waals surface area contributed by atoms with Gasteiger partial charge in [-0.05, 0) is 53.5 Å². The molecule has 1 aromatic heterocycles. The van der Waals surface area contributed by atoms with Crippen molar-refractivity contribution in [2.45, 2.75) is 12.5 Å². The van der Waals surface area contributed by atoms with Crippen LogP contribution in [0.2, 0.25) is 5.22 Å². The molecule has 0 aliphatic carbocycles. The van der Waals surface area contributed by atoms with Crippen LogP contribution in [-0.2, 0) is 6.42 Å². The molecule has 3 heteroatoms. The molecule has 1 N–H and O–H groups in total. The standard InChI is InChI=1S/C17H16ClNO/c1-19-15(16-8-9-17(18)20-16)11-12-6-7-13-4-2-3-5-14(13)10-12/h2-10,15,19H,11H2,1H3. The van der Waals surface area contributed by atoms with E-state index >= 15 is 0 Å². The van der Waals surface area contributed by atoms with Gasteiger partial charge in [0, 0.05) is 0 Å². The minimum absolute atomic E-state index is 0.128. The number of benzene rings is 2. The Morgan fingerprint density at radius 1 is 1.05 bits per heavy atom. The first-order valence-corrected chi connectivity index (χ1v) is 7.04. The van der Waals surface area contributed by atoms with Crippen LogP contribution in [-0.4, -0.2) is 7.05 Å². The minimum Gasteiger partial charge on any atom is -0.448 e. The molecule has 0 spiro atoms. The summed E-state index contributed by atoms with van der Waals surface area (Å²) < 4.78 is 5.50. The first-order valence-electron chi connectivity index (χ1n) is 6.66. The Morgan fingerprint density at radius 3 is 2.55 bits per heavy atom. The van der Waals surface area contributed by atoms with Crippen LogP contribution in [0.5, 0.6) is 0 Å². The van der Waals surface area contributed by atoms with E-state index in [9.17, 15) is 0 Å². The number of nitrogens with one attached hydrogen (secondary N) is 1. The molecule has 20 heavy (non-hydrogen) atoms. The SMILES string of the molecule is CNC(Cc1ccc2ccccc2c1)c1ccc(Cl)o1. The maximum atomic E-state index is 5.85. The average Bonchev–Trinajstić information content (AvgIpc) is 2.91. The van der Waals surface area contributed by atoms with Gasteiger partial charge in [-0.15, -0.1) is 0 Å². The summed E-state index contributed by atoms with van der Waals surface area (Å²) in [5.74, 6) is 0.866. The summed E-state index contributed by atoms with van der Waals surface area (Å²) in [4.78, 5) is 0. The van der Waals surface area contributed by atoms with Crippen molar-refractivity contribution in [3.8, 4) is 0 Å². The van der Waals surface area contributed by atoms with Gasteiger partial charge in [-0.25, -0.2) is 0 Å². The minimum atomic E-state index is 0.128. The van der Waals surface area contributed by atoms with Crippen LogP contribution in [0.3, 0.4) is 0 Å². The third kappa shape index (κ3) is 2.72. The van der Waals surface area contributed by atoms with Gasteiger partial charge >= 0.3 is 0 Å². The summed E-state index contributed by atoms with van der Waals surface area (Å²) in [5, 5.41) is 6.23. The topological polar surface area (TPSA) is 25.2 Å². The molecule has 0 bridgehead atoms. The molecular weight excluding hydrogens is 270 g/mol. The Labute approximate surface area is 123 Å². The number of likely N-dealkylation sites (N-methyl/N-ethyl adjacent to an activating group) is 1. The molecule has 0 aliphatic rings. The van der Waals surface area contributed by atoms with Gasteiger partial charge in [-0.1, -0.05) is 42.5 Å². The lowest BCUT2D eigenvalue weighted by molar-refractivity contribution is 0.430. The van der Waals surface area contributed by atoms with E-state index in [4.69, 9.17) is 16.0 Å². The van der Waals surface area contributed by atoms with E-state index in [0.29, 0.717) is 5.22 Å². The molecule has 3 rings (SSSR count). The first-order chi connectivity index (χ1) is 9.76. The highest BCUT2D eigenvalue weighted by Gasteiger charge is 2.14. The van der Waals surface area contributed by atoms with Crippen molar-refractivity contribution >= 4 is 22.4 Å². The van der Waals surface area contributed by atoms with Crippen LogP contribution in [0.1, 0.15) is 17.4 Å². The van der Waals surface area contributed by atoms with Crippen LogP contribution in [0.4, 0.5) is 0 Å². The summed E-state index contributed by atoms with van der Waals surface area (Å²) >= 11 is 5.85. The van der Waals surface area contributed by atoms with Crippen LogP contribution in [0, 0.1) is 0 Å². The van der Waals surface area contributed by atoms with Gasteiger partial charge in [0.05, 0.1) is 6.04 Å². The number of rotatable bonds is 4. The van der Waals surface area contributed by atoms with Crippen molar-refractivity contribution in [2.75, 3.05) is 7.05 Å². The van der Waals surface area contributed by atoms with E-state index in [1.807, 2.05) is 13.1 Å². The Hall–Kier alpha value is -1.77. The Bertz CT molecular complexity index is 720. The van der Waals surface area contributed by atoms with Crippen LogP contribution < -0.4 is 5.32 Å². The molecule has 1 atom stereocenters. The lowest BCUT2D eigenvalue weighted by Gasteiger charge is -2.14. The summed E-state index contributed by atoms with van der Waals surface area (Å²) in [7, 11) is 1.93. The van der Waals surface area contributed by atoms with Gasteiger partial charge in [0.2, 0.25) is 0 Å². The highest BCUT2D eigenvalue weighted by molar-refractivity contribution is 6.28. The van der Waals surface area contributed by atoms with Gasteiger partial charge < -0.3 is 9.73 Å². The van der Waals surface area contributed by atoms with Crippen molar-refractivity contribution in [3.05, 3.63) is 71.1 Å². The lowest BCUT2D eigenvalue weighted by Crippen LogP contribution is -2.18. The molecule has 0 amide bonds. The molecule has 2 aromatic carbocycles. The molecule has 1 heterocycles. The van der Waals surface area contributed by atoms with Crippen molar-refractivity contribution in [1.82, 2.24) is 5.32 Å². The fraction of sp³-hybridized carbons (Fsp3) is 0.176. The number of halogens is 1. The van der Waals surface area contributed by atoms with E-state index in [1.165, 1.54) is 16.3 Å². The first kappa shape index (κ1) is 13.2. The second-order valence-corrected chi connectivity index (χ2v) is 5.24. The van der Waals surface area contributed by atoms with E-state index in [2.05, 4.69) is 47.8 Å². The molecule has 3 aromatic rings. The molecule has 0 saturated heterocycles. The monoisotopic (exact) mass is 285 g/mol. The summed E-state index contributed by atoms with van der Waals surface area (Å²) in [5.41, 5.74) is 1.27.